The van der Waals surface area contributed by atoms with Crippen LogP contribution in [-0.2, 0) is 13.1 Å². The Hall–Kier alpha value is -2.30. The minimum atomic E-state index is -0.0772. The lowest BCUT2D eigenvalue weighted by atomic mass is 10.1. The number of nitrogens with one attached hydrogen (secondary N) is 2. The predicted molar refractivity (Wildman–Crippen MR) is 79.8 cm³/mol. The third-order valence-electron chi connectivity index (χ3n) is 3.29. The summed E-state index contributed by atoms with van der Waals surface area (Å²) in [5, 5.41) is 10.2. The molecule has 0 radical (unpaired) electrons. The van der Waals surface area contributed by atoms with Crippen molar-refractivity contribution in [3.05, 3.63) is 47.3 Å². The van der Waals surface area contributed by atoms with Crippen LogP contribution in [0.25, 0.3) is 0 Å². The molecule has 0 unspecified atom stereocenters. The SMILES string of the molecule is CCn1nccc1CNc1cc(C(=O)NC)ccc1C. The number of benzene rings is 1. The van der Waals surface area contributed by atoms with Crippen molar-refractivity contribution in [2.45, 2.75) is 26.9 Å². The van der Waals surface area contributed by atoms with E-state index in [2.05, 4.69) is 22.7 Å². The van der Waals surface area contributed by atoms with Gasteiger partial charge in [-0.2, -0.15) is 5.10 Å². The van der Waals surface area contributed by atoms with Crippen molar-refractivity contribution in [2.24, 2.45) is 0 Å². The number of nitrogens with zero attached hydrogens (tertiary/aromatic N) is 2. The lowest BCUT2D eigenvalue weighted by molar-refractivity contribution is 0.0963. The van der Waals surface area contributed by atoms with Gasteiger partial charge in [-0.1, -0.05) is 6.07 Å². The van der Waals surface area contributed by atoms with Crippen molar-refractivity contribution in [2.75, 3.05) is 12.4 Å². The van der Waals surface area contributed by atoms with E-state index in [1.165, 1.54) is 0 Å². The van der Waals surface area contributed by atoms with E-state index in [9.17, 15) is 4.79 Å². The van der Waals surface area contributed by atoms with Gasteiger partial charge in [0.15, 0.2) is 0 Å². The Morgan fingerprint density at radius 2 is 2.15 bits per heavy atom. The van der Waals surface area contributed by atoms with Gasteiger partial charge in [-0.05, 0) is 37.6 Å². The molecule has 0 aliphatic carbocycles. The first-order valence-electron chi connectivity index (χ1n) is 6.73. The van der Waals surface area contributed by atoms with Crippen LogP contribution in [0.15, 0.2) is 30.5 Å². The Bertz CT molecular complexity index is 604. The zero-order chi connectivity index (χ0) is 14.5. The quantitative estimate of drug-likeness (QED) is 0.877. The Morgan fingerprint density at radius 1 is 1.35 bits per heavy atom. The van der Waals surface area contributed by atoms with Crippen molar-refractivity contribution < 1.29 is 4.79 Å². The minimum absolute atomic E-state index is 0.0772. The Morgan fingerprint density at radius 3 is 2.85 bits per heavy atom. The van der Waals surface area contributed by atoms with Crippen LogP contribution in [0, 0.1) is 6.92 Å². The molecule has 20 heavy (non-hydrogen) atoms. The second-order valence-corrected chi connectivity index (χ2v) is 4.60. The monoisotopic (exact) mass is 272 g/mol. The summed E-state index contributed by atoms with van der Waals surface area (Å²) in [5.41, 5.74) is 3.86. The topological polar surface area (TPSA) is 59.0 Å². The Labute approximate surface area is 119 Å². The van der Waals surface area contributed by atoms with Crippen molar-refractivity contribution in [3.8, 4) is 0 Å². The molecule has 5 heteroatoms. The molecule has 2 rings (SSSR count). The largest absolute Gasteiger partial charge is 0.379 e. The third kappa shape index (κ3) is 2.99. The van der Waals surface area contributed by atoms with Crippen LogP contribution in [-0.4, -0.2) is 22.7 Å². The van der Waals surface area contributed by atoms with Crippen LogP contribution in [0.4, 0.5) is 5.69 Å². The molecule has 2 aromatic rings. The molecule has 0 aliphatic rings. The second kappa shape index (κ2) is 6.23. The molecule has 106 valence electrons. The van der Waals surface area contributed by atoms with Gasteiger partial charge in [0.05, 0.1) is 12.2 Å². The van der Waals surface area contributed by atoms with Gasteiger partial charge in [0.2, 0.25) is 0 Å². The number of aromatic nitrogens is 2. The summed E-state index contributed by atoms with van der Waals surface area (Å²) in [4.78, 5) is 11.7. The van der Waals surface area contributed by atoms with Crippen molar-refractivity contribution in [1.29, 1.82) is 0 Å². The van der Waals surface area contributed by atoms with E-state index in [1.54, 1.807) is 13.2 Å². The number of hydrogen-bond acceptors (Lipinski definition) is 3. The lowest BCUT2D eigenvalue weighted by Gasteiger charge is -2.12. The van der Waals surface area contributed by atoms with Crippen molar-refractivity contribution >= 4 is 11.6 Å². The summed E-state index contributed by atoms with van der Waals surface area (Å²) in [5.74, 6) is -0.0772. The molecule has 0 saturated heterocycles. The molecule has 5 nitrogen and oxygen atoms in total. The van der Waals surface area contributed by atoms with Crippen LogP contribution >= 0.6 is 0 Å². The van der Waals surface area contributed by atoms with Gasteiger partial charge in [-0.3, -0.25) is 9.48 Å². The minimum Gasteiger partial charge on any atom is -0.379 e. The van der Waals surface area contributed by atoms with Crippen LogP contribution < -0.4 is 10.6 Å². The summed E-state index contributed by atoms with van der Waals surface area (Å²) in [6.45, 7) is 5.62. The fourth-order valence-corrected chi connectivity index (χ4v) is 2.08. The first kappa shape index (κ1) is 14.1. The van der Waals surface area contributed by atoms with E-state index < -0.39 is 0 Å². The number of carbonyl (C=O) groups excluding carboxylic acids is 1. The van der Waals surface area contributed by atoms with Crippen LogP contribution in [0.5, 0.6) is 0 Å². The van der Waals surface area contributed by atoms with E-state index in [1.807, 2.05) is 35.9 Å². The van der Waals surface area contributed by atoms with E-state index in [0.29, 0.717) is 12.1 Å². The van der Waals surface area contributed by atoms with Crippen LogP contribution in [0.1, 0.15) is 28.5 Å². The summed E-state index contributed by atoms with van der Waals surface area (Å²) in [7, 11) is 1.63. The van der Waals surface area contributed by atoms with E-state index in [4.69, 9.17) is 0 Å². The molecule has 1 aromatic carbocycles. The summed E-state index contributed by atoms with van der Waals surface area (Å²) in [6, 6.07) is 7.65. The lowest BCUT2D eigenvalue weighted by Crippen LogP contribution is -2.18. The fraction of sp³-hybridized carbons (Fsp3) is 0.333. The number of carbonyl (C=O) groups is 1. The molecule has 0 spiro atoms. The average molecular weight is 272 g/mol. The maximum absolute atomic E-state index is 11.7. The third-order valence-corrected chi connectivity index (χ3v) is 3.29. The van der Waals surface area contributed by atoms with Gasteiger partial charge in [-0.15, -0.1) is 0 Å². The number of amides is 1. The van der Waals surface area contributed by atoms with E-state index >= 15 is 0 Å². The smallest absolute Gasteiger partial charge is 0.251 e. The van der Waals surface area contributed by atoms with Gasteiger partial charge in [0.25, 0.3) is 5.91 Å². The normalized spacial score (nSPS) is 10.3. The molecular weight excluding hydrogens is 252 g/mol. The first-order valence-corrected chi connectivity index (χ1v) is 6.73. The highest BCUT2D eigenvalue weighted by Gasteiger charge is 2.07. The Balaban J connectivity index is 2.14. The highest BCUT2D eigenvalue weighted by Crippen LogP contribution is 2.18. The fourth-order valence-electron chi connectivity index (χ4n) is 2.08. The van der Waals surface area contributed by atoms with E-state index in [-0.39, 0.29) is 5.91 Å². The zero-order valence-electron chi connectivity index (χ0n) is 12.1. The second-order valence-electron chi connectivity index (χ2n) is 4.60. The highest BCUT2D eigenvalue weighted by molar-refractivity contribution is 5.95. The number of rotatable bonds is 5. The molecule has 0 atom stereocenters. The molecule has 0 bridgehead atoms. The molecular formula is C15H20N4O. The zero-order valence-corrected chi connectivity index (χ0v) is 12.1. The maximum atomic E-state index is 11.7. The average Bonchev–Trinajstić information content (AvgIpc) is 2.93. The molecule has 1 aromatic heterocycles. The Kier molecular flexibility index (Phi) is 4.40. The van der Waals surface area contributed by atoms with Crippen molar-refractivity contribution in [3.63, 3.8) is 0 Å². The molecule has 0 saturated carbocycles. The van der Waals surface area contributed by atoms with Gasteiger partial charge in [0.1, 0.15) is 0 Å². The molecule has 1 heterocycles. The molecule has 1 amide bonds. The molecule has 2 N–H and O–H groups in total. The predicted octanol–water partition coefficient (Wildman–Crippen LogP) is 2.18. The number of hydrogen-bond donors (Lipinski definition) is 2. The van der Waals surface area contributed by atoms with Crippen molar-refractivity contribution in [1.82, 2.24) is 15.1 Å². The van der Waals surface area contributed by atoms with E-state index in [0.717, 1.165) is 23.5 Å². The standard InChI is InChI=1S/C15H20N4O/c1-4-19-13(7-8-18-19)10-17-14-9-12(15(20)16-3)6-5-11(14)2/h5-9,17H,4,10H2,1-3H3,(H,16,20). The molecule has 0 fully saturated rings. The number of anilines is 1. The van der Waals surface area contributed by atoms with Crippen LogP contribution in [0.3, 0.4) is 0 Å². The van der Waals surface area contributed by atoms with Gasteiger partial charge in [0, 0.05) is 31.0 Å². The summed E-state index contributed by atoms with van der Waals surface area (Å²) >= 11 is 0. The van der Waals surface area contributed by atoms with Gasteiger partial charge in [-0.25, -0.2) is 0 Å². The van der Waals surface area contributed by atoms with Gasteiger partial charge < -0.3 is 10.6 Å². The van der Waals surface area contributed by atoms with Crippen LogP contribution in [0.2, 0.25) is 0 Å². The molecule has 0 aliphatic heterocycles. The summed E-state index contributed by atoms with van der Waals surface area (Å²) in [6.07, 6.45) is 1.80. The highest BCUT2D eigenvalue weighted by atomic mass is 16.1. The van der Waals surface area contributed by atoms with Gasteiger partial charge >= 0.3 is 0 Å². The first-order chi connectivity index (χ1) is 9.65. The number of aryl methyl sites for hydroxylation is 2. The maximum Gasteiger partial charge on any atom is 0.251 e. The summed E-state index contributed by atoms with van der Waals surface area (Å²) < 4.78 is 1.95.